The molecule has 0 bridgehead atoms. The fourth-order valence-corrected chi connectivity index (χ4v) is 2.72. The van der Waals surface area contributed by atoms with Crippen molar-refractivity contribution < 1.29 is 0 Å². The molecule has 1 aromatic heterocycles. The van der Waals surface area contributed by atoms with E-state index in [0.717, 1.165) is 24.0 Å². The Bertz CT molecular complexity index is 617. The summed E-state index contributed by atoms with van der Waals surface area (Å²) in [7, 11) is 1.79. The summed E-state index contributed by atoms with van der Waals surface area (Å²) in [6, 6.07) is 6.23. The molecule has 2 aromatic rings. The number of aromatic nitrogens is 2. The fourth-order valence-electron chi connectivity index (χ4n) is 2.72. The zero-order chi connectivity index (χ0) is 12.0. The molecule has 2 heterocycles. The summed E-state index contributed by atoms with van der Waals surface area (Å²) in [6.45, 7) is 3.29. The van der Waals surface area contributed by atoms with Crippen LogP contribution in [-0.2, 0) is 12.6 Å². The van der Waals surface area contributed by atoms with Gasteiger partial charge in [0.2, 0.25) is 0 Å². The van der Waals surface area contributed by atoms with Crippen molar-refractivity contribution in [2.75, 3.05) is 6.54 Å². The van der Waals surface area contributed by atoms with Crippen molar-refractivity contribution in [3.8, 4) is 0 Å². The van der Waals surface area contributed by atoms with Crippen LogP contribution in [0.25, 0.3) is 11.0 Å². The van der Waals surface area contributed by atoms with Crippen LogP contribution >= 0.6 is 0 Å². The van der Waals surface area contributed by atoms with Gasteiger partial charge in [0, 0.05) is 12.6 Å². The minimum Gasteiger partial charge on any atom is -0.308 e. The van der Waals surface area contributed by atoms with Crippen LogP contribution in [0.15, 0.2) is 23.0 Å². The maximum Gasteiger partial charge on any atom is 0.326 e. The molecular formula is C13H17N3O. The van der Waals surface area contributed by atoms with Crippen molar-refractivity contribution in [2.24, 2.45) is 7.05 Å². The van der Waals surface area contributed by atoms with E-state index in [0.29, 0.717) is 0 Å². The van der Waals surface area contributed by atoms with Gasteiger partial charge < -0.3 is 10.3 Å². The quantitative estimate of drug-likeness (QED) is 0.780. The molecule has 4 heteroatoms. The van der Waals surface area contributed by atoms with E-state index in [1.165, 1.54) is 12.0 Å². The first-order valence-corrected chi connectivity index (χ1v) is 6.04. The minimum atomic E-state index is -0.0540. The van der Waals surface area contributed by atoms with E-state index in [2.05, 4.69) is 29.4 Å². The van der Waals surface area contributed by atoms with Crippen molar-refractivity contribution in [3.05, 3.63) is 34.2 Å². The van der Waals surface area contributed by atoms with E-state index in [9.17, 15) is 4.79 Å². The topological polar surface area (TPSA) is 49.8 Å². The number of hydrogen-bond acceptors (Lipinski definition) is 2. The molecule has 1 saturated heterocycles. The number of imidazole rings is 1. The number of H-pyrrole nitrogens is 1. The standard InChI is InChI=1S/C13H17N3O/c1-13(6-3-7-14-13)9-4-5-11-10(8-9)15-12(17)16(11)2/h4-5,8,14H,3,6-7H2,1-2H3,(H,15,17). The Morgan fingerprint density at radius 3 is 2.94 bits per heavy atom. The van der Waals surface area contributed by atoms with E-state index in [4.69, 9.17) is 0 Å². The number of rotatable bonds is 1. The van der Waals surface area contributed by atoms with Crippen molar-refractivity contribution in [1.82, 2.24) is 14.9 Å². The molecule has 0 aliphatic carbocycles. The summed E-state index contributed by atoms with van der Waals surface area (Å²) in [5.41, 5.74) is 3.14. The third-order valence-electron chi connectivity index (χ3n) is 3.91. The first-order chi connectivity index (χ1) is 8.10. The van der Waals surface area contributed by atoms with Gasteiger partial charge in [-0.1, -0.05) is 6.07 Å². The second-order valence-corrected chi connectivity index (χ2v) is 5.08. The lowest BCUT2D eigenvalue weighted by molar-refractivity contribution is 0.435. The maximum atomic E-state index is 11.5. The molecule has 3 rings (SSSR count). The Morgan fingerprint density at radius 1 is 1.41 bits per heavy atom. The van der Waals surface area contributed by atoms with Gasteiger partial charge in [-0.25, -0.2) is 4.79 Å². The van der Waals surface area contributed by atoms with Crippen molar-refractivity contribution in [3.63, 3.8) is 0 Å². The zero-order valence-electron chi connectivity index (χ0n) is 10.2. The lowest BCUT2D eigenvalue weighted by Gasteiger charge is -2.25. The third-order valence-corrected chi connectivity index (χ3v) is 3.91. The molecule has 0 amide bonds. The number of nitrogens with one attached hydrogen (secondary N) is 2. The van der Waals surface area contributed by atoms with Gasteiger partial charge in [-0.05, 0) is 44.0 Å². The van der Waals surface area contributed by atoms with Crippen LogP contribution in [0.4, 0.5) is 0 Å². The molecule has 1 unspecified atom stereocenters. The molecule has 0 spiro atoms. The molecule has 17 heavy (non-hydrogen) atoms. The molecule has 1 aliphatic rings. The smallest absolute Gasteiger partial charge is 0.308 e. The first kappa shape index (κ1) is 10.6. The van der Waals surface area contributed by atoms with E-state index in [-0.39, 0.29) is 11.2 Å². The highest BCUT2D eigenvalue weighted by Crippen LogP contribution is 2.31. The normalized spacial score (nSPS) is 24.6. The van der Waals surface area contributed by atoms with Gasteiger partial charge >= 0.3 is 5.69 Å². The Labute approximate surface area is 99.6 Å². The van der Waals surface area contributed by atoms with Crippen LogP contribution in [-0.4, -0.2) is 16.1 Å². The van der Waals surface area contributed by atoms with Crippen LogP contribution in [0.1, 0.15) is 25.3 Å². The molecular weight excluding hydrogens is 214 g/mol. The maximum absolute atomic E-state index is 11.5. The Morgan fingerprint density at radius 2 is 2.24 bits per heavy atom. The van der Waals surface area contributed by atoms with Gasteiger partial charge in [0.1, 0.15) is 0 Å². The number of aromatic amines is 1. The summed E-state index contributed by atoms with van der Waals surface area (Å²) in [6.07, 6.45) is 2.36. The third kappa shape index (κ3) is 1.52. The molecule has 1 aromatic carbocycles. The largest absolute Gasteiger partial charge is 0.326 e. The fraction of sp³-hybridized carbons (Fsp3) is 0.462. The second kappa shape index (κ2) is 3.47. The van der Waals surface area contributed by atoms with Crippen LogP contribution in [0.3, 0.4) is 0 Å². The van der Waals surface area contributed by atoms with Gasteiger partial charge in [-0.3, -0.25) is 4.57 Å². The molecule has 90 valence electrons. The zero-order valence-corrected chi connectivity index (χ0v) is 10.2. The van der Waals surface area contributed by atoms with E-state index in [1.807, 2.05) is 6.07 Å². The molecule has 2 N–H and O–H groups in total. The van der Waals surface area contributed by atoms with E-state index in [1.54, 1.807) is 11.6 Å². The van der Waals surface area contributed by atoms with Crippen molar-refractivity contribution in [2.45, 2.75) is 25.3 Å². The van der Waals surface area contributed by atoms with Crippen molar-refractivity contribution in [1.29, 1.82) is 0 Å². The first-order valence-electron chi connectivity index (χ1n) is 6.04. The van der Waals surface area contributed by atoms with Gasteiger partial charge in [0.15, 0.2) is 0 Å². The van der Waals surface area contributed by atoms with Crippen LogP contribution in [0, 0.1) is 0 Å². The average Bonchev–Trinajstić information content (AvgIpc) is 2.86. The Balaban J connectivity index is 2.17. The summed E-state index contributed by atoms with van der Waals surface area (Å²) >= 11 is 0. The van der Waals surface area contributed by atoms with E-state index >= 15 is 0 Å². The van der Waals surface area contributed by atoms with Gasteiger partial charge in [0.25, 0.3) is 0 Å². The molecule has 4 nitrogen and oxygen atoms in total. The van der Waals surface area contributed by atoms with Crippen LogP contribution in [0.5, 0.6) is 0 Å². The summed E-state index contributed by atoms with van der Waals surface area (Å²) in [5.74, 6) is 0. The number of benzene rings is 1. The predicted octanol–water partition coefficient (Wildman–Crippen LogP) is 1.47. The molecule has 0 saturated carbocycles. The van der Waals surface area contributed by atoms with Gasteiger partial charge in [-0.15, -0.1) is 0 Å². The minimum absolute atomic E-state index is 0.0540. The molecule has 1 fully saturated rings. The lowest BCUT2D eigenvalue weighted by atomic mass is 9.90. The van der Waals surface area contributed by atoms with E-state index < -0.39 is 0 Å². The lowest BCUT2D eigenvalue weighted by Crippen LogP contribution is -2.32. The predicted molar refractivity (Wildman–Crippen MR) is 68.1 cm³/mol. The molecule has 1 aliphatic heterocycles. The SMILES string of the molecule is Cn1c(=O)[nH]c2cc(C3(C)CCCN3)ccc21. The van der Waals surface area contributed by atoms with Crippen LogP contribution < -0.4 is 11.0 Å². The number of fused-ring (bicyclic) bond motifs is 1. The summed E-state index contributed by atoms with van der Waals surface area (Å²) in [5, 5.41) is 3.54. The Hall–Kier alpha value is -1.55. The highest BCUT2D eigenvalue weighted by Gasteiger charge is 2.30. The van der Waals surface area contributed by atoms with Crippen molar-refractivity contribution >= 4 is 11.0 Å². The number of nitrogens with zero attached hydrogens (tertiary/aromatic N) is 1. The summed E-state index contributed by atoms with van der Waals surface area (Å²) < 4.78 is 1.64. The second-order valence-electron chi connectivity index (χ2n) is 5.08. The monoisotopic (exact) mass is 231 g/mol. The molecule has 1 atom stereocenters. The van der Waals surface area contributed by atoms with Gasteiger partial charge in [-0.2, -0.15) is 0 Å². The van der Waals surface area contributed by atoms with Gasteiger partial charge in [0.05, 0.1) is 11.0 Å². The number of hydrogen-bond donors (Lipinski definition) is 2. The molecule has 0 radical (unpaired) electrons. The number of aryl methyl sites for hydroxylation is 1. The average molecular weight is 231 g/mol. The van der Waals surface area contributed by atoms with Crippen LogP contribution in [0.2, 0.25) is 0 Å². The Kier molecular flexibility index (Phi) is 2.16. The summed E-state index contributed by atoms with van der Waals surface area (Å²) in [4.78, 5) is 14.4. The highest BCUT2D eigenvalue weighted by atomic mass is 16.1. The highest BCUT2D eigenvalue weighted by molar-refractivity contribution is 5.76.